The van der Waals surface area contributed by atoms with Crippen LogP contribution in [0.15, 0.2) is 6.07 Å². The van der Waals surface area contributed by atoms with Crippen LogP contribution < -0.4 is 10.6 Å². The van der Waals surface area contributed by atoms with E-state index in [4.69, 9.17) is 18.0 Å². The number of anilines is 1. The van der Waals surface area contributed by atoms with E-state index >= 15 is 0 Å². The first-order valence-corrected chi connectivity index (χ1v) is 6.08. The van der Waals surface area contributed by atoms with Gasteiger partial charge in [-0.05, 0) is 19.9 Å². The number of thiocarbonyl (C=S) groups is 1. The minimum atomic E-state index is -4.19. The lowest BCUT2D eigenvalue weighted by Gasteiger charge is -2.24. The maximum absolute atomic E-state index is 12.3. The topological polar surface area (TPSA) is 42.1 Å². The molecule has 106 valence electrons. The lowest BCUT2D eigenvalue weighted by molar-refractivity contribution is -0.132. The Balaban J connectivity index is 3.08. The minimum absolute atomic E-state index is 0.138. The lowest BCUT2D eigenvalue weighted by Crippen LogP contribution is -2.27. The Morgan fingerprint density at radius 3 is 2.47 bits per heavy atom. The van der Waals surface area contributed by atoms with Gasteiger partial charge < -0.3 is 10.6 Å². The van der Waals surface area contributed by atoms with Crippen LogP contribution in [0.5, 0.6) is 0 Å². The van der Waals surface area contributed by atoms with Crippen molar-refractivity contribution in [2.24, 2.45) is 5.73 Å². The van der Waals surface area contributed by atoms with E-state index in [-0.39, 0.29) is 11.5 Å². The van der Waals surface area contributed by atoms with Gasteiger partial charge in [-0.15, -0.1) is 0 Å². The molecule has 0 aliphatic carbocycles. The second-order valence-corrected chi connectivity index (χ2v) is 4.83. The smallest absolute Gasteiger partial charge is 0.389 e. The molecule has 0 aromatic carbocycles. The van der Waals surface area contributed by atoms with Gasteiger partial charge in [-0.2, -0.15) is 13.2 Å². The Hall–Kier alpha value is -1.37. The maximum Gasteiger partial charge on any atom is 0.390 e. The zero-order chi connectivity index (χ0) is 14.8. The zero-order valence-corrected chi connectivity index (χ0v) is 11.8. The first-order valence-electron chi connectivity index (χ1n) is 5.67. The lowest BCUT2D eigenvalue weighted by atomic mass is 10.1. The molecule has 1 rings (SSSR count). The predicted molar refractivity (Wildman–Crippen MR) is 73.5 cm³/mol. The molecule has 0 atom stereocenters. The van der Waals surface area contributed by atoms with E-state index in [0.717, 1.165) is 0 Å². The van der Waals surface area contributed by atoms with Gasteiger partial charge in [-0.25, -0.2) is 0 Å². The SMILES string of the molecule is Cc1cc(N(C)CCC(F)(F)F)c(C(N)=S)c(C)n1. The largest absolute Gasteiger partial charge is 0.390 e. The fourth-order valence-corrected chi connectivity index (χ4v) is 2.08. The Kier molecular flexibility index (Phi) is 4.73. The van der Waals surface area contributed by atoms with Gasteiger partial charge in [-0.3, -0.25) is 4.98 Å². The standard InChI is InChI=1S/C12H16F3N3S/c1-7-6-9(10(11(16)19)8(2)17-7)18(3)5-4-12(13,14)15/h6H,4-5H2,1-3H3,(H2,16,19). The Bertz CT molecular complexity index is 486. The van der Waals surface area contributed by atoms with Crippen LogP contribution in [0.3, 0.4) is 0 Å². The first-order chi connectivity index (χ1) is 8.61. The second-order valence-electron chi connectivity index (χ2n) is 4.39. The summed E-state index contributed by atoms with van der Waals surface area (Å²) >= 11 is 4.95. The van der Waals surface area contributed by atoms with Gasteiger partial charge in [0.2, 0.25) is 0 Å². The molecule has 0 amide bonds. The highest BCUT2D eigenvalue weighted by Crippen LogP contribution is 2.26. The summed E-state index contributed by atoms with van der Waals surface area (Å²) in [4.78, 5) is 5.87. The summed E-state index contributed by atoms with van der Waals surface area (Å²) in [6.07, 6.45) is -5.07. The van der Waals surface area contributed by atoms with Crippen LogP contribution in [0.25, 0.3) is 0 Å². The monoisotopic (exact) mass is 291 g/mol. The van der Waals surface area contributed by atoms with Crippen LogP contribution in [-0.4, -0.2) is 29.7 Å². The number of rotatable bonds is 4. The normalized spacial score (nSPS) is 11.5. The summed E-state index contributed by atoms with van der Waals surface area (Å²) < 4.78 is 36.8. The highest BCUT2D eigenvalue weighted by atomic mass is 32.1. The molecule has 0 spiro atoms. The Morgan fingerprint density at radius 2 is 2.00 bits per heavy atom. The third-order valence-corrected chi connectivity index (χ3v) is 2.90. The van der Waals surface area contributed by atoms with Gasteiger partial charge in [0.1, 0.15) is 4.99 Å². The highest BCUT2D eigenvalue weighted by molar-refractivity contribution is 7.80. The zero-order valence-electron chi connectivity index (χ0n) is 11.0. The van der Waals surface area contributed by atoms with Crippen molar-refractivity contribution in [1.29, 1.82) is 0 Å². The average molecular weight is 291 g/mol. The number of hydrogen-bond acceptors (Lipinski definition) is 3. The van der Waals surface area contributed by atoms with Crippen molar-refractivity contribution in [3.05, 3.63) is 23.0 Å². The van der Waals surface area contributed by atoms with E-state index in [1.165, 1.54) is 4.90 Å². The number of hydrogen-bond donors (Lipinski definition) is 1. The summed E-state index contributed by atoms with van der Waals surface area (Å²) in [5, 5.41) is 0. The molecule has 0 saturated carbocycles. The summed E-state index contributed by atoms with van der Waals surface area (Å²) in [6.45, 7) is 3.36. The molecular formula is C12H16F3N3S. The first kappa shape index (κ1) is 15.7. The van der Waals surface area contributed by atoms with Crippen LogP contribution in [-0.2, 0) is 0 Å². The molecule has 1 heterocycles. The van der Waals surface area contributed by atoms with E-state index in [1.54, 1.807) is 27.0 Å². The van der Waals surface area contributed by atoms with Crippen LogP contribution in [0.4, 0.5) is 18.9 Å². The molecular weight excluding hydrogens is 275 g/mol. The van der Waals surface area contributed by atoms with Crippen molar-refractivity contribution in [3.63, 3.8) is 0 Å². The molecule has 0 radical (unpaired) electrons. The number of nitrogens with two attached hydrogens (primary N) is 1. The Labute approximate surface area is 115 Å². The Morgan fingerprint density at radius 1 is 1.42 bits per heavy atom. The van der Waals surface area contributed by atoms with Crippen molar-refractivity contribution in [3.8, 4) is 0 Å². The molecule has 0 saturated heterocycles. The molecule has 1 aromatic rings. The number of aromatic nitrogens is 1. The van der Waals surface area contributed by atoms with Crippen molar-refractivity contribution in [1.82, 2.24) is 4.98 Å². The molecule has 19 heavy (non-hydrogen) atoms. The number of halogens is 3. The quantitative estimate of drug-likeness (QED) is 0.866. The average Bonchev–Trinajstić information content (AvgIpc) is 2.22. The van der Waals surface area contributed by atoms with Crippen molar-refractivity contribution in [2.75, 3.05) is 18.5 Å². The molecule has 0 aliphatic rings. The van der Waals surface area contributed by atoms with E-state index < -0.39 is 12.6 Å². The van der Waals surface area contributed by atoms with E-state index in [0.29, 0.717) is 22.6 Å². The third kappa shape index (κ3) is 4.34. The van der Waals surface area contributed by atoms with Crippen LogP contribution in [0, 0.1) is 13.8 Å². The third-order valence-electron chi connectivity index (χ3n) is 2.70. The van der Waals surface area contributed by atoms with Crippen LogP contribution in [0.1, 0.15) is 23.4 Å². The van der Waals surface area contributed by atoms with Crippen molar-refractivity contribution in [2.45, 2.75) is 26.4 Å². The molecule has 0 aliphatic heterocycles. The fourth-order valence-electron chi connectivity index (χ4n) is 1.83. The van der Waals surface area contributed by atoms with Gasteiger partial charge in [-0.1, -0.05) is 12.2 Å². The molecule has 1 aromatic heterocycles. The van der Waals surface area contributed by atoms with E-state index in [2.05, 4.69) is 4.98 Å². The summed E-state index contributed by atoms with van der Waals surface area (Å²) in [5.74, 6) is 0. The maximum atomic E-state index is 12.3. The van der Waals surface area contributed by atoms with Crippen molar-refractivity contribution < 1.29 is 13.2 Å². The number of aryl methyl sites for hydroxylation is 2. The summed E-state index contributed by atoms with van der Waals surface area (Å²) in [5.41, 5.74) is 8.09. The van der Waals surface area contributed by atoms with Gasteiger partial charge in [0.05, 0.1) is 17.7 Å². The van der Waals surface area contributed by atoms with E-state index in [1.807, 2.05) is 0 Å². The molecule has 7 heteroatoms. The molecule has 0 fully saturated rings. The van der Waals surface area contributed by atoms with Crippen LogP contribution >= 0.6 is 12.2 Å². The molecule has 2 N–H and O–H groups in total. The van der Waals surface area contributed by atoms with E-state index in [9.17, 15) is 13.2 Å². The van der Waals surface area contributed by atoms with Gasteiger partial charge >= 0.3 is 6.18 Å². The summed E-state index contributed by atoms with van der Waals surface area (Å²) in [7, 11) is 1.59. The van der Waals surface area contributed by atoms with Gasteiger partial charge in [0.25, 0.3) is 0 Å². The second kappa shape index (κ2) is 5.73. The van der Waals surface area contributed by atoms with Gasteiger partial charge in [0, 0.05) is 25.0 Å². The van der Waals surface area contributed by atoms with Crippen molar-refractivity contribution >= 4 is 22.9 Å². The molecule has 0 unspecified atom stereocenters. The molecule has 0 bridgehead atoms. The summed E-state index contributed by atoms with van der Waals surface area (Å²) in [6, 6.07) is 1.69. The predicted octanol–water partition coefficient (Wildman–Crippen LogP) is 2.72. The minimum Gasteiger partial charge on any atom is -0.389 e. The number of nitrogens with zero attached hydrogens (tertiary/aromatic N) is 2. The van der Waals surface area contributed by atoms with Crippen LogP contribution in [0.2, 0.25) is 0 Å². The van der Waals surface area contributed by atoms with Gasteiger partial charge in [0.15, 0.2) is 0 Å². The molecule has 3 nitrogen and oxygen atoms in total. The number of pyridine rings is 1. The fraction of sp³-hybridized carbons (Fsp3) is 0.500. The highest BCUT2D eigenvalue weighted by Gasteiger charge is 2.27. The number of alkyl halides is 3.